The first-order chi connectivity index (χ1) is 13.0. The molecule has 3 rings (SSSR count). The standard InChI is InChI=1S/C18H17F2N5O2/c1-2-12-8-17(26)25(10-22-12)6-5-21-18(27)16-9-15(23-24-16)13-4-3-11(19)7-14(13)20/h3-4,7-10H,2,5-6H2,1H3,(H,21,27)(H,23,24). The molecule has 0 saturated carbocycles. The first-order valence-corrected chi connectivity index (χ1v) is 8.32. The Kier molecular flexibility index (Phi) is 5.39. The number of benzene rings is 1. The molecule has 0 spiro atoms. The van der Waals surface area contributed by atoms with Gasteiger partial charge < -0.3 is 5.32 Å². The zero-order chi connectivity index (χ0) is 19.4. The van der Waals surface area contributed by atoms with Crippen LogP contribution in [0.5, 0.6) is 0 Å². The second-order valence-electron chi connectivity index (χ2n) is 5.81. The molecule has 27 heavy (non-hydrogen) atoms. The van der Waals surface area contributed by atoms with Crippen LogP contribution in [0.15, 0.2) is 41.5 Å². The maximum atomic E-state index is 13.8. The van der Waals surface area contributed by atoms with Gasteiger partial charge >= 0.3 is 0 Å². The summed E-state index contributed by atoms with van der Waals surface area (Å²) in [6.07, 6.45) is 2.11. The van der Waals surface area contributed by atoms with Gasteiger partial charge in [0, 0.05) is 36.5 Å². The number of H-pyrrole nitrogens is 1. The second kappa shape index (κ2) is 7.90. The molecule has 7 nitrogen and oxygen atoms in total. The molecular weight excluding hydrogens is 356 g/mol. The summed E-state index contributed by atoms with van der Waals surface area (Å²) in [5.74, 6) is -1.92. The zero-order valence-electron chi connectivity index (χ0n) is 14.5. The van der Waals surface area contributed by atoms with Gasteiger partial charge in [-0.3, -0.25) is 19.3 Å². The van der Waals surface area contributed by atoms with Crippen molar-refractivity contribution in [2.45, 2.75) is 19.9 Å². The predicted octanol–water partition coefficient (Wildman–Crippen LogP) is 1.90. The molecule has 2 heterocycles. The van der Waals surface area contributed by atoms with E-state index in [9.17, 15) is 18.4 Å². The van der Waals surface area contributed by atoms with Crippen LogP contribution >= 0.6 is 0 Å². The van der Waals surface area contributed by atoms with Gasteiger partial charge in [-0.1, -0.05) is 6.92 Å². The number of halogens is 2. The number of carbonyl (C=O) groups is 1. The number of aromatic amines is 1. The van der Waals surface area contributed by atoms with Crippen molar-refractivity contribution in [3.63, 3.8) is 0 Å². The lowest BCUT2D eigenvalue weighted by Crippen LogP contribution is -2.31. The van der Waals surface area contributed by atoms with Crippen LogP contribution in [0, 0.1) is 11.6 Å². The molecule has 140 valence electrons. The van der Waals surface area contributed by atoms with Crippen LogP contribution < -0.4 is 10.9 Å². The van der Waals surface area contributed by atoms with E-state index in [0.29, 0.717) is 12.1 Å². The van der Waals surface area contributed by atoms with Gasteiger partial charge in [0.15, 0.2) is 0 Å². The molecular formula is C18H17F2N5O2. The molecule has 1 aromatic carbocycles. The van der Waals surface area contributed by atoms with Crippen molar-refractivity contribution >= 4 is 5.91 Å². The van der Waals surface area contributed by atoms with Crippen molar-refractivity contribution in [1.29, 1.82) is 0 Å². The molecule has 9 heteroatoms. The highest BCUT2D eigenvalue weighted by Gasteiger charge is 2.14. The lowest BCUT2D eigenvalue weighted by atomic mass is 10.1. The molecule has 0 aliphatic carbocycles. The molecule has 2 aromatic heterocycles. The van der Waals surface area contributed by atoms with Crippen molar-refractivity contribution in [3.05, 3.63) is 70.0 Å². The SMILES string of the molecule is CCc1cc(=O)n(CCNC(=O)c2cc(-c3ccc(F)cc3F)n[nH]2)cn1. The van der Waals surface area contributed by atoms with E-state index in [2.05, 4.69) is 20.5 Å². The van der Waals surface area contributed by atoms with Crippen LogP contribution in [-0.2, 0) is 13.0 Å². The van der Waals surface area contributed by atoms with Gasteiger partial charge in [-0.15, -0.1) is 0 Å². The van der Waals surface area contributed by atoms with Crippen molar-refractivity contribution < 1.29 is 13.6 Å². The second-order valence-corrected chi connectivity index (χ2v) is 5.81. The van der Waals surface area contributed by atoms with Crippen LogP contribution in [-0.4, -0.2) is 32.2 Å². The topological polar surface area (TPSA) is 92.7 Å². The van der Waals surface area contributed by atoms with Crippen molar-refractivity contribution in [2.24, 2.45) is 0 Å². The number of aryl methyl sites for hydroxylation is 1. The molecule has 0 saturated heterocycles. The molecule has 0 radical (unpaired) electrons. The minimum absolute atomic E-state index is 0.0836. The lowest BCUT2D eigenvalue weighted by Gasteiger charge is -2.06. The third kappa shape index (κ3) is 4.25. The number of rotatable bonds is 6. The molecule has 0 fully saturated rings. The summed E-state index contributed by atoms with van der Waals surface area (Å²) in [5.41, 5.74) is 0.916. The number of hydrogen-bond donors (Lipinski definition) is 2. The molecule has 1 amide bonds. The van der Waals surface area contributed by atoms with Gasteiger partial charge in [-0.05, 0) is 24.6 Å². The summed E-state index contributed by atoms with van der Waals surface area (Å²) in [4.78, 5) is 28.2. The average molecular weight is 373 g/mol. The summed E-state index contributed by atoms with van der Waals surface area (Å²) in [7, 11) is 0. The summed E-state index contributed by atoms with van der Waals surface area (Å²) in [5, 5.41) is 9.04. The third-order valence-corrected chi connectivity index (χ3v) is 3.97. The number of aromatic nitrogens is 4. The Balaban J connectivity index is 1.62. The van der Waals surface area contributed by atoms with Gasteiger partial charge in [0.1, 0.15) is 17.3 Å². The van der Waals surface area contributed by atoms with Gasteiger partial charge in [0.2, 0.25) is 0 Å². The summed E-state index contributed by atoms with van der Waals surface area (Å²) in [6, 6.07) is 5.94. The Labute approximate surface area is 153 Å². The number of hydrogen-bond acceptors (Lipinski definition) is 4. The van der Waals surface area contributed by atoms with E-state index < -0.39 is 17.5 Å². The fourth-order valence-electron chi connectivity index (χ4n) is 2.48. The van der Waals surface area contributed by atoms with E-state index in [1.807, 2.05) is 6.92 Å². The molecule has 2 N–H and O–H groups in total. The van der Waals surface area contributed by atoms with Crippen molar-refractivity contribution in [1.82, 2.24) is 25.1 Å². The Morgan fingerprint density at radius 1 is 1.26 bits per heavy atom. The molecule has 0 bridgehead atoms. The van der Waals surface area contributed by atoms with Gasteiger partial charge in [0.05, 0.1) is 12.0 Å². The van der Waals surface area contributed by atoms with E-state index in [4.69, 9.17) is 0 Å². The lowest BCUT2D eigenvalue weighted by molar-refractivity contribution is 0.0947. The average Bonchev–Trinajstić information content (AvgIpc) is 3.12. The van der Waals surface area contributed by atoms with E-state index in [0.717, 1.165) is 12.1 Å². The van der Waals surface area contributed by atoms with Crippen LogP contribution in [0.2, 0.25) is 0 Å². The molecule has 0 unspecified atom stereocenters. The molecule has 0 atom stereocenters. The molecule has 0 aliphatic rings. The molecule has 0 aliphatic heterocycles. The predicted molar refractivity (Wildman–Crippen MR) is 94.1 cm³/mol. The highest BCUT2D eigenvalue weighted by atomic mass is 19.1. The number of amides is 1. The third-order valence-electron chi connectivity index (χ3n) is 3.97. The van der Waals surface area contributed by atoms with E-state index >= 15 is 0 Å². The fraction of sp³-hybridized carbons (Fsp3) is 0.222. The zero-order valence-corrected chi connectivity index (χ0v) is 14.5. The van der Waals surface area contributed by atoms with Crippen LogP contribution in [0.25, 0.3) is 11.3 Å². The summed E-state index contributed by atoms with van der Waals surface area (Å²) < 4.78 is 28.2. The minimum Gasteiger partial charge on any atom is -0.349 e. The maximum absolute atomic E-state index is 13.8. The van der Waals surface area contributed by atoms with Gasteiger partial charge in [-0.25, -0.2) is 13.8 Å². The van der Waals surface area contributed by atoms with E-state index in [1.165, 1.54) is 29.1 Å². The maximum Gasteiger partial charge on any atom is 0.269 e. The highest BCUT2D eigenvalue weighted by molar-refractivity contribution is 5.93. The van der Waals surface area contributed by atoms with Crippen LogP contribution in [0.4, 0.5) is 8.78 Å². The Morgan fingerprint density at radius 2 is 2.07 bits per heavy atom. The summed E-state index contributed by atoms with van der Waals surface area (Å²) >= 11 is 0. The Morgan fingerprint density at radius 3 is 2.78 bits per heavy atom. The highest BCUT2D eigenvalue weighted by Crippen LogP contribution is 2.22. The number of nitrogens with zero attached hydrogens (tertiary/aromatic N) is 3. The Hall–Kier alpha value is -3.36. The fourth-order valence-corrected chi connectivity index (χ4v) is 2.48. The monoisotopic (exact) mass is 373 g/mol. The van der Waals surface area contributed by atoms with E-state index in [1.54, 1.807) is 0 Å². The van der Waals surface area contributed by atoms with Crippen molar-refractivity contribution in [3.8, 4) is 11.3 Å². The number of carbonyl (C=O) groups excluding carboxylic acids is 1. The van der Waals surface area contributed by atoms with Gasteiger partial charge in [0.25, 0.3) is 11.5 Å². The van der Waals surface area contributed by atoms with Crippen molar-refractivity contribution in [2.75, 3.05) is 6.54 Å². The van der Waals surface area contributed by atoms with Crippen LogP contribution in [0.3, 0.4) is 0 Å². The number of nitrogens with one attached hydrogen (secondary N) is 2. The normalized spacial score (nSPS) is 10.8. The smallest absolute Gasteiger partial charge is 0.269 e. The summed E-state index contributed by atoms with van der Waals surface area (Å²) in [6.45, 7) is 2.36. The first-order valence-electron chi connectivity index (χ1n) is 8.32. The van der Waals surface area contributed by atoms with E-state index in [-0.39, 0.29) is 35.6 Å². The largest absolute Gasteiger partial charge is 0.349 e. The Bertz CT molecular complexity index is 1030. The van der Waals surface area contributed by atoms with Crippen LogP contribution in [0.1, 0.15) is 23.1 Å². The minimum atomic E-state index is -0.768. The first kappa shape index (κ1) is 18.4. The molecule has 3 aromatic rings. The quantitative estimate of drug-likeness (QED) is 0.690. The van der Waals surface area contributed by atoms with Gasteiger partial charge in [-0.2, -0.15) is 5.10 Å².